The molecule has 16 heavy (non-hydrogen) atoms. The van der Waals surface area contributed by atoms with Crippen molar-refractivity contribution in [3.05, 3.63) is 33.3 Å². The molecule has 0 aliphatic carbocycles. The molecule has 0 unspecified atom stereocenters. The minimum absolute atomic E-state index is 0.869. The minimum Gasteiger partial charge on any atom is -0.317 e. The van der Waals surface area contributed by atoms with Gasteiger partial charge in [-0.2, -0.15) is 0 Å². The summed E-state index contributed by atoms with van der Waals surface area (Å²) in [6, 6.07) is 4.56. The third-order valence-electron chi connectivity index (χ3n) is 3.56. The van der Waals surface area contributed by atoms with Crippen molar-refractivity contribution in [2.45, 2.75) is 33.1 Å². The average Bonchev–Trinajstić information content (AvgIpc) is 2.27. The number of nitrogens with one attached hydrogen (secondary N) is 1. The molecule has 0 spiro atoms. The second kappa shape index (κ2) is 5.33. The van der Waals surface area contributed by atoms with Gasteiger partial charge in [-0.25, -0.2) is 0 Å². The fourth-order valence-electron chi connectivity index (χ4n) is 2.50. The van der Waals surface area contributed by atoms with Crippen LogP contribution in [0.3, 0.4) is 0 Å². The van der Waals surface area contributed by atoms with E-state index in [1.807, 2.05) is 0 Å². The summed E-state index contributed by atoms with van der Waals surface area (Å²) in [4.78, 5) is 0. The first-order valence-corrected chi connectivity index (χ1v) is 6.92. The molecule has 0 radical (unpaired) electrons. The number of hydrogen-bond donors (Lipinski definition) is 1. The van der Waals surface area contributed by atoms with Gasteiger partial charge in [0.25, 0.3) is 0 Å². The van der Waals surface area contributed by atoms with Crippen LogP contribution < -0.4 is 5.32 Å². The highest BCUT2D eigenvalue weighted by molar-refractivity contribution is 9.10. The van der Waals surface area contributed by atoms with E-state index in [1.165, 1.54) is 53.5 Å². The molecule has 1 fully saturated rings. The maximum absolute atomic E-state index is 3.65. The summed E-state index contributed by atoms with van der Waals surface area (Å²) in [5.41, 5.74) is 4.31. The van der Waals surface area contributed by atoms with Crippen molar-refractivity contribution in [2.75, 3.05) is 13.1 Å². The van der Waals surface area contributed by atoms with E-state index in [9.17, 15) is 0 Å². The smallest absolute Gasteiger partial charge is 0.0209 e. The topological polar surface area (TPSA) is 12.0 Å². The SMILES string of the molecule is Cc1cc(Br)c(C)c(CC2CCNCC2)c1. The molecule has 0 amide bonds. The van der Waals surface area contributed by atoms with Crippen LogP contribution in [-0.4, -0.2) is 13.1 Å². The molecule has 0 saturated carbocycles. The van der Waals surface area contributed by atoms with Gasteiger partial charge in [-0.05, 0) is 74.9 Å². The number of hydrogen-bond acceptors (Lipinski definition) is 1. The molecule has 1 aromatic rings. The highest BCUT2D eigenvalue weighted by atomic mass is 79.9. The maximum Gasteiger partial charge on any atom is 0.0209 e. The monoisotopic (exact) mass is 281 g/mol. The van der Waals surface area contributed by atoms with Crippen LogP contribution in [-0.2, 0) is 6.42 Å². The first-order valence-electron chi connectivity index (χ1n) is 6.13. The van der Waals surface area contributed by atoms with Gasteiger partial charge in [0.05, 0.1) is 0 Å². The first-order chi connectivity index (χ1) is 7.66. The van der Waals surface area contributed by atoms with Gasteiger partial charge in [0.1, 0.15) is 0 Å². The van der Waals surface area contributed by atoms with E-state index < -0.39 is 0 Å². The van der Waals surface area contributed by atoms with Crippen molar-refractivity contribution in [1.29, 1.82) is 0 Å². The average molecular weight is 282 g/mol. The molecule has 1 nitrogen and oxygen atoms in total. The molecule has 1 aromatic carbocycles. The molecule has 88 valence electrons. The molecule has 1 aliphatic heterocycles. The Balaban J connectivity index is 2.13. The van der Waals surface area contributed by atoms with E-state index in [2.05, 4.69) is 47.2 Å². The quantitative estimate of drug-likeness (QED) is 0.873. The Morgan fingerprint density at radius 2 is 1.94 bits per heavy atom. The molecule has 2 heteroatoms. The van der Waals surface area contributed by atoms with Crippen LogP contribution in [0.1, 0.15) is 29.5 Å². The van der Waals surface area contributed by atoms with Crippen molar-refractivity contribution in [3.8, 4) is 0 Å². The van der Waals surface area contributed by atoms with Crippen molar-refractivity contribution in [1.82, 2.24) is 5.32 Å². The van der Waals surface area contributed by atoms with Crippen molar-refractivity contribution >= 4 is 15.9 Å². The molecule has 0 atom stereocenters. The van der Waals surface area contributed by atoms with E-state index >= 15 is 0 Å². The highest BCUT2D eigenvalue weighted by Crippen LogP contribution is 2.26. The van der Waals surface area contributed by atoms with Crippen LogP contribution >= 0.6 is 15.9 Å². The molecular weight excluding hydrogens is 262 g/mol. The fraction of sp³-hybridized carbons (Fsp3) is 0.571. The zero-order valence-electron chi connectivity index (χ0n) is 10.1. The predicted molar refractivity (Wildman–Crippen MR) is 72.9 cm³/mol. The first kappa shape index (κ1) is 12.1. The van der Waals surface area contributed by atoms with Crippen LogP contribution in [0.5, 0.6) is 0 Å². The Hall–Kier alpha value is -0.340. The largest absolute Gasteiger partial charge is 0.317 e. The summed E-state index contributed by atoms with van der Waals surface area (Å²) < 4.78 is 1.26. The normalized spacial score (nSPS) is 17.7. The Labute approximate surface area is 107 Å². The van der Waals surface area contributed by atoms with Gasteiger partial charge >= 0.3 is 0 Å². The lowest BCUT2D eigenvalue weighted by atomic mass is 9.89. The van der Waals surface area contributed by atoms with Crippen LogP contribution in [0, 0.1) is 19.8 Å². The van der Waals surface area contributed by atoms with Crippen molar-refractivity contribution < 1.29 is 0 Å². The lowest BCUT2D eigenvalue weighted by Gasteiger charge is -2.23. The molecule has 0 aromatic heterocycles. The summed E-state index contributed by atoms with van der Waals surface area (Å²) in [5.74, 6) is 0.869. The van der Waals surface area contributed by atoms with Gasteiger partial charge in [-0.3, -0.25) is 0 Å². The Morgan fingerprint density at radius 3 is 2.62 bits per heavy atom. The van der Waals surface area contributed by atoms with E-state index in [0.717, 1.165) is 5.92 Å². The Kier molecular flexibility index (Phi) is 4.04. The lowest BCUT2D eigenvalue weighted by molar-refractivity contribution is 0.372. The van der Waals surface area contributed by atoms with Crippen LogP contribution in [0.2, 0.25) is 0 Å². The zero-order chi connectivity index (χ0) is 11.5. The molecule has 1 saturated heterocycles. The van der Waals surface area contributed by atoms with Gasteiger partial charge in [-0.15, -0.1) is 0 Å². The molecular formula is C14H20BrN. The van der Waals surface area contributed by atoms with E-state index in [4.69, 9.17) is 0 Å². The second-order valence-electron chi connectivity index (χ2n) is 4.93. The summed E-state index contributed by atoms with van der Waals surface area (Å²) >= 11 is 3.65. The number of halogens is 1. The van der Waals surface area contributed by atoms with E-state index in [1.54, 1.807) is 0 Å². The number of aryl methyl sites for hydroxylation is 1. The molecule has 1 heterocycles. The van der Waals surface area contributed by atoms with Gasteiger partial charge < -0.3 is 5.32 Å². The zero-order valence-corrected chi connectivity index (χ0v) is 11.7. The number of rotatable bonds is 2. The fourth-order valence-corrected chi connectivity index (χ4v) is 3.11. The molecule has 0 bridgehead atoms. The highest BCUT2D eigenvalue weighted by Gasteiger charge is 2.15. The van der Waals surface area contributed by atoms with Crippen molar-refractivity contribution in [2.24, 2.45) is 5.92 Å². The van der Waals surface area contributed by atoms with E-state index in [0.29, 0.717) is 0 Å². The van der Waals surface area contributed by atoms with Crippen LogP contribution in [0.4, 0.5) is 0 Å². The molecule has 1 N–H and O–H groups in total. The summed E-state index contributed by atoms with van der Waals surface area (Å²) in [7, 11) is 0. The predicted octanol–water partition coefficient (Wildman–Crippen LogP) is 3.61. The standard InChI is InChI=1S/C14H20BrN/c1-10-7-13(11(2)14(15)8-10)9-12-3-5-16-6-4-12/h7-8,12,16H,3-6,9H2,1-2H3. The molecule has 1 aliphatic rings. The summed E-state index contributed by atoms with van der Waals surface area (Å²) in [6.45, 7) is 6.78. The summed E-state index contributed by atoms with van der Waals surface area (Å²) in [6.07, 6.45) is 3.89. The van der Waals surface area contributed by atoms with Crippen LogP contribution in [0.25, 0.3) is 0 Å². The number of benzene rings is 1. The summed E-state index contributed by atoms with van der Waals surface area (Å²) in [5, 5.41) is 3.43. The van der Waals surface area contributed by atoms with E-state index in [-0.39, 0.29) is 0 Å². The third-order valence-corrected chi connectivity index (χ3v) is 4.39. The minimum atomic E-state index is 0.869. The Bertz CT molecular complexity index is 367. The van der Waals surface area contributed by atoms with Gasteiger partial charge in [0.2, 0.25) is 0 Å². The van der Waals surface area contributed by atoms with Gasteiger partial charge in [0, 0.05) is 4.47 Å². The van der Waals surface area contributed by atoms with Gasteiger partial charge in [-0.1, -0.05) is 22.0 Å². The van der Waals surface area contributed by atoms with Gasteiger partial charge in [0.15, 0.2) is 0 Å². The lowest BCUT2D eigenvalue weighted by Crippen LogP contribution is -2.28. The maximum atomic E-state index is 3.65. The number of piperidine rings is 1. The Morgan fingerprint density at radius 1 is 1.25 bits per heavy atom. The third kappa shape index (κ3) is 2.86. The van der Waals surface area contributed by atoms with Crippen molar-refractivity contribution in [3.63, 3.8) is 0 Å². The molecule has 2 rings (SSSR count). The van der Waals surface area contributed by atoms with Crippen LogP contribution in [0.15, 0.2) is 16.6 Å². The second-order valence-corrected chi connectivity index (χ2v) is 5.78.